The molecule has 0 aromatic carbocycles. The summed E-state index contributed by atoms with van der Waals surface area (Å²) in [6.45, 7) is 4.80. The van der Waals surface area contributed by atoms with Crippen molar-refractivity contribution in [3.63, 3.8) is 0 Å². The molecule has 0 saturated heterocycles. The number of hydrogen-bond acceptors (Lipinski definition) is 7. The third-order valence-corrected chi connectivity index (χ3v) is 10.2. The minimum atomic E-state index is -4.28. The van der Waals surface area contributed by atoms with Gasteiger partial charge in [-0.3, -0.25) is 13.8 Å². The van der Waals surface area contributed by atoms with Crippen LogP contribution in [0.15, 0.2) is 60.8 Å². The molecule has 0 saturated carbocycles. The van der Waals surface area contributed by atoms with Crippen LogP contribution in [0.25, 0.3) is 0 Å². The van der Waals surface area contributed by atoms with E-state index in [0.29, 0.717) is 13.0 Å². The molecule has 0 rings (SSSR count). The van der Waals surface area contributed by atoms with Crippen molar-refractivity contribution in [2.24, 2.45) is 5.73 Å². The fourth-order valence-electron chi connectivity index (χ4n) is 5.96. The van der Waals surface area contributed by atoms with E-state index in [1.165, 1.54) is 96.3 Å². The Balaban J connectivity index is 3.97. The lowest BCUT2D eigenvalue weighted by molar-refractivity contribution is -0.154. The van der Waals surface area contributed by atoms with Gasteiger partial charge < -0.3 is 20.1 Å². The Morgan fingerprint density at radius 1 is 0.564 bits per heavy atom. The van der Waals surface area contributed by atoms with Gasteiger partial charge in [-0.15, -0.1) is 0 Å². The molecule has 0 heterocycles. The van der Waals surface area contributed by atoms with Gasteiger partial charge >= 0.3 is 13.8 Å². The summed E-state index contributed by atoms with van der Waals surface area (Å²) in [5.74, 6) is -0.338. The maximum Gasteiger partial charge on any atom is 0.472 e. The predicted molar refractivity (Wildman–Crippen MR) is 233 cm³/mol. The fourth-order valence-corrected chi connectivity index (χ4v) is 6.73. The first-order chi connectivity index (χ1) is 26.9. The normalized spacial score (nSPS) is 14.0. The molecule has 320 valence electrons. The summed E-state index contributed by atoms with van der Waals surface area (Å²) in [6, 6.07) is 0. The highest BCUT2D eigenvalue weighted by atomic mass is 31.2. The van der Waals surface area contributed by atoms with Gasteiger partial charge in [0.25, 0.3) is 0 Å². The molecule has 8 nitrogen and oxygen atoms in total. The van der Waals surface area contributed by atoms with Crippen LogP contribution in [0.1, 0.15) is 187 Å². The van der Waals surface area contributed by atoms with E-state index in [2.05, 4.69) is 74.6 Å². The largest absolute Gasteiger partial charge is 0.472 e. The average Bonchev–Trinajstić information content (AvgIpc) is 3.17. The summed E-state index contributed by atoms with van der Waals surface area (Å²) in [4.78, 5) is 22.5. The maximum absolute atomic E-state index is 12.6. The number of allylic oxidation sites excluding steroid dienone is 10. The summed E-state index contributed by atoms with van der Waals surface area (Å²) in [5, 5.41) is 0. The van der Waals surface area contributed by atoms with Crippen molar-refractivity contribution in [1.29, 1.82) is 0 Å². The Kier molecular flexibility index (Phi) is 41.9. The quantitative estimate of drug-likeness (QED) is 0.0271. The molecule has 3 N–H and O–H groups in total. The number of unbranched alkanes of at least 4 members (excludes halogenated alkanes) is 19. The standard InChI is InChI=1S/C46H84NO7P/c1-3-5-7-9-11-13-15-16-17-18-19-20-21-22-23-24-25-26-27-28-29-31-33-35-37-39-46(48)54-45(44-53-55(49,50)52-42-40-47)43-51-41-38-36-34-32-30-14-12-10-8-6-4-2/h5,7,11,13,16-17,19-20,22-23,45H,3-4,6,8-10,12,14-15,18,21,24-44,47H2,1-2H3,(H,49,50)/b7-5-,13-11-,17-16-,20-19-,23-22-. The number of carbonyl (C=O) groups excluding carboxylic acids is 1. The molecule has 0 aromatic heterocycles. The van der Waals surface area contributed by atoms with E-state index >= 15 is 0 Å². The van der Waals surface area contributed by atoms with Gasteiger partial charge in [0.1, 0.15) is 6.10 Å². The number of nitrogens with two attached hydrogens (primary N) is 1. The van der Waals surface area contributed by atoms with Crippen LogP contribution in [0.5, 0.6) is 0 Å². The van der Waals surface area contributed by atoms with Crippen molar-refractivity contribution in [2.45, 2.75) is 193 Å². The SMILES string of the molecule is CC/C=C\C/C=C\C/C=C\C/C=C\C/C=C\CCCCCCCCCCCC(=O)OC(COCCCCCCCCCCCCC)COP(=O)(O)OCCN. The van der Waals surface area contributed by atoms with Crippen molar-refractivity contribution in [3.8, 4) is 0 Å². The molecular weight excluding hydrogens is 709 g/mol. The summed E-state index contributed by atoms with van der Waals surface area (Å²) in [6.07, 6.45) is 52.4. The van der Waals surface area contributed by atoms with Gasteiger partial charge in [0, 0.05) is 19.6 Å². The molecule has 9 heteroatoms. The van der Waals surface area contributed by atoms with Crippen LogP contribution in [-0.4, -0.2) is 49.9 Å². The monoisotopic (exact) mass is 794 g/mol. The maximum atomic E-state index is 12.6. The molecular formula is C46H84NO7P. The van der Waals surface area contributed by atoms with Gasteiger partial charge in [0.05, 0.1) is 19.8 Å². The van der Waals surface area contributed by atoms with Crippen LogP contribution in [0.2, 0.25) is 0 Å². The number of carbonyl (C=O) groups is 1. The smallest absolute Gasteiger partial charge is 0.457 e. The van der Waals surface area contributed by atoms with Crippen LogP contribution in [0.3, 0.4) is 0 Å². The molecule has 0 spiro atoms. The first-order valence-electron chi connectivity index (χ1n) is 22.3. The van der Waals surface area contributed by atoms with E-state index in [9.17, 15) is 14.3 Å². The lowest BCUT2D eigenvalue weighted by Crippen LogP contribution is -2.28. The molecule has 0 aliphatic rings. The van der Waals surface area contributed by atoms with E-state index in [1.807, 2.05) is 0 Å². The van der Waals surface area contributed by atoms with E-state index in [4.69, 9.17) is 24.3 Å². The minimum absolute atomic E-state index is 0.0978. The molecule has 0 fully saturated rings. The highest BCUT2D eigenvalue weighted by Crippen LogP contribution is 2.43. The van der Waals surface area contributed by atoms with Crippen LogP contribution in [0, 0.1) is 0 Å². The van der Waals surface area contributed by atoms with Gasteiger partial charge in [0.15, 0.2) is 0 Å². The van der Waals surface area contributed by atoms with E-state index in [0.717, 1.165) is 70.6 Å². The van der Waals surface area contributed by atoms with Crippen LogP contribution < -0.4 is 5.73 Å². The van der Waals surface area contributed by atoms with Gasteiger partial charge in [0.2, 0.25) is 0 Å². The molecule has 0 amide bonds. The molecule has 0 aliphatic carbocycles. The lowest BCUT2D eigenvalue weighted by atomic mass is 10.1. The number of phosphoric ester groups is 1. The fraction of sp³-hybridized carbons (Fsp3) is 0.761. The molecule has 0 radical (unpaired) electrons. The Morgan fingerprint density at radius 3 is 1.53 bits per heavy atom. The zero-order valence-corrected chi connectivity index (χ0v) is 36.3. The van der Waals surface area contributed by atoms with Gasteiger partial charge in [-0.2, -0.15) is 0 Å². The molecule has 55 heavy (non-hydrogen) atoms. The van der Waals surface area contributed by atoms with Crippen LogP contribution in [-0.2, 0) is 27.9 Å². The second-order valence-corrected chi connectivity index (χ2v) is 16.0. The second kappa shape index (κ2) is 43.3. The zero-order valence-electron chi connectivity index (χ0n) is 35.4. The molecule has 2 unspecified atom stereocenters. The zero-order chi connectivity index (χ0) is 40.2. The van der Waals surface area contributed by atoms with Crippen molar-refractivity contribution in [1.82, 2.24) is 0 Å². The van der Waals surface area contributed by atoms with Crippen molar-refractivity contribution >= 4 is 13.8 Å². The summed E-state index contributed by atoms with van der Waals surface area (Å²) in [5.41, 5.74) is 5.36. The van der Waals surface area contributed by atoms with Crippen LogP contribution in [0.4, 0.5) is 0 Å². The van der Waals surface area contributed by atoms with E-state index in [-0.39, 0.29) is 32.3 Å². The van der Waals surface area contributed by atoms with E-state index < -0.39 is 13.9 Å². The first-order valence-corrected chi connectivity index (χ1v) is 23.8. The van der Waals surface area contributed by atoms with Gasteiger partial charge in [-0.05, 0) is 57.8 Å². The van der Waals surface area contributed by atoms with Crippen molar-refractivity contribution in [3.05, 3.63) is 60.8 Å². The Morgan fingerprint density at radius 2 is 1.02 bits per heavy atom. The molecule has 0 bridgehead atoms. The number of rotatable bonds is 42. The van der Waals surface area contributed by atoms with Gasteiger partial charge in [-0.1, -0.05) is 184 Å². The highest BCUT2D eigenvalue weighted by Gasteiger charge is 2.25. The van der Waals surface area contributed by atoms with Crippen molar-refractivity contribution < 1.29 is 32.8 Å². The lowest BCUT2D eigenvalue weighted by Gasteiger charge is -2.20. The van der Waals surface area contributed by atoms with Crippen LogP contribution >= 0.6 is 7.82 Å². The van der Waals surface area contributed by atoms with Crippen molar-refractivity contribution in [2.75, 3.05) is 33.0 Å². The number of ether oxygens (including phenoxy) is 2. The second-order valence-electron chi connectivity index (χ2n) is 14.5. The molecule has 0 aromatic rings. The Hall–Kier alpha value is -1.80. The Bertz CT molecular complexity index is 1030. The third kappa shape index (κ3) is 43.2. The predicted octanol–water partition coefficient (Wildman–Crippen LogP) is 13.4. The highest BCUT2D eigenvalue weighted by molar-refractivity contribution is 7.47. The minimum Gasteiger partial charge on any atom is -0.457 e. The molecule has 0 aliphatic heterocycles. The number of phosphoric acid groups is 1. The number of hydrogen-bond donors (Lipinski definition) is 2. The van der Waals surface area contributed by atoms with Gasteiger partial charge in [-0.25, -0.2) is 4.57 Å². The Labute approximate surface area is 338 Å². The van der Waals surface area contributed by atoms with E-state index in [1.54, 1.807) is 0 Å². The summed E-state index contributed by atoms with van der Waals surface area (Å²) >= 11 is 0. The topological polar surface area (TPSA) is 117 Å². The molecule has 2 atom stereocenters. The summed E-state index contributed by atoms with van der Waals surface area (Å²) < 4.78 is 33.4. The average molecular weight is 794 g/mol. The summed E-state index contributed by atoms with van der Waals surface area (Å²) in [7, 11) is -4.28. The third-order valence-electron chi connectivity index (χ3n) is 9.20. The number of esters is 1. The first kappa shape index (κ1) is 53.2.